The largest absolute Gasteiger partial charge is 0.423 e. The van der Waals surface area contributed by atoms with Crippen LogP contribution in [0.2, 0.25) is 0 Å². The standard InChI is InChI=1S/C22H15F3N4O3/c1-13-2-9-20-27-18(12-28(20)11-13)14-3-6-16(7-4-14)26-21(30)15-5-8-19(29(31)32)17(10-15)22(23,24)25/h2-12H,1H3,(H,26,30). The van der Waals surface area contributed by atoms with Gasteiger partial charge in [-0.2, -0.15) is 13.2 Å². The van der Waals surface area contributed by atoms with Gasteiger partial charge in [0.1, 0.15) is 11.2 Å². The third-order valence-electron chi connectivity index (χ3n) is 4.80. The van der Waals surface area contributed by atoms with E-state index in [1.807, 2.05) is 35.9 Å². The highest BCUT2D eigenvalue weighted by molar-refractivity contribution is 6.04. The highest BCUT2D eigenvalue weighted by atomic mass is 19.4. The highest BCUT2D eigenvalue weighted by Crippen LogP contribution is 2.36. The Morgan fingerprint density at radius 3 is 2.44 bits per heavy atom. The number of alkyl halides is 3. The SMILES string of the molecule is Cc1ccc2nc(-c3ccc(NC(=O)c4ccc([N+](=O)[O-])c(C(F)(F)F)c4)cc3)cn2c1. The number of pyridine rings is 1. The first-order valence-corrected chi connectivity index (χ1v) is 9.34. The third kappa shape index (κ3) is 4.15. The molecule has 0 aliphatic carbocycles. The predicted octanol–water partition coefficient (Wildman–Crippen LogP) is 5.49. The number of nitrogens with one attached hydrogen (secondary N) is 1. The van der Waals surface area contributed by atoms with Crippen LogP contribution in [0.25, 0.3) is 16.9 Å². The molecule has 32 heavy (non-hydrogen) atoms. The molecule has 0 spiro atoms. The quantitative estimate of drug-likeness (QED) is 0.336. The zero-order chi connectivity index (χ0) is 23.0. The fraction of sp³-hybridized carbons (Fsp3) is 0.0909. The average Bonchev–Trinajstić information content (AvgIpc) is 3.16. The first kappa shape index (κ1) is 21.0. The topological polar surface area (TPSA) is 89.5 Å². The highest BCUT2D eigenvalue weighted by Gasteiger charge is 2.38. The molecule has 0 unspecified atom stereocenters. The van der Waals surface area contributed by atoms with Gasteiger partial charge < -0.3 is 9.72 Å². The summed E-state index contributed by atoms with van der Waals surface area (Å²) in [5.74, 6) is -0.818. The molecule has 4 aromatic rings. The average molecular weight is 440 g/mol. The maximum Gasteiger partial charge on any atom is 0.423 e. The van der Waals surface area contributed by atoms with Gasteiger partial charge in [-0.15, -0.1) is 0 Å². The van der Waals surface area contributed by atoms with E-state index in [1.54, 1.807) is 24.3 Å². The lowest BCUT2D eigenvalue weighted by Crippen LogP contribution is -2.15. The zero-order valence-corrected chi connectivity index (χ0v) is 16.6. The van der Waals surface area contributed by atoms with Gasteiger partial charge in [0.05, 0.1) is 10.6 Å². The molecule has 0 saturated heterocycles. The summed E-state index contributed by atoms with van der Waals surface area (Å²) in [4.78, 5) is 26.7. The van der Waals surface area contributed by atoms with Crippen LogP contribution >= 0.6 is 0 Å². The Morgan fingerprint density at radius 1 is 1.06 bits per heavy atom. The Kier molecular flexibility index (Phi) is 5.13. The third-order valence-corrected chi connectivity index (χ3v) is 4.80. The number of imidazole rings is 1. The van der Waals surface area contributed by atoms with Gasteiger partial charge in [0, 0.05) is 35.3 Å². The number of hydrogen-bond donors (Lipinski definition) is 1. The zero-order valence-electron chi connectivity index (χ0n) is 16.6. The molecule has 0 bridgehead atoms. The van der Waals surface area contributed by atoms with E-state index in [1.165, 1.54) is 0 Å². The summed E-state index contributed by atoms with van der Waals surface area (Å²) in [6.07, 6.45) is -1.15. The molecule has 10 heteroatoms. The van der Waals surface area contributed by atoms with Crippen LogP contribution in [-0.2, 0) is 6.18 Å². The molecule has 2 aromatic heterocycles. The Balaban J connectivity index is 1.55. The van der Waals surface area contributed by atoms with Crippen LogP contribution in [0.1, 0.15) is 21.5 Å². The van der Waals surface area contributed by atoms with Gasteiger partial charge in [0.2, 0.25) is 0 Å². The summed E-state index contributed by atoms with van der Waals surface area (Å²) in [6, 6.07) is 12.6. The number of nitrogens with zero attached hydrogens (tertiary/aromatic N) is 3. The molecule has 0 aliphatic rings. The molecule has 0 aliphatic heterocycles. The van der Waals surface area contributed by atoms with Gasteiger partial charge in [-0.3, -0.25) is 14.9 Å². The van der Waals surface area contributed by atoms with E-state index in [-0.39, 0.29) is 5.56 Å². The van der Waals surface area contributed by atoms with Crippen molar-refractivity contribution in [2.24, 2.45) is 0 Å². The molecule has 2 aromatic carbocycles. The fourth-order valence-corrected chi connectivity index (χ4v) is 3.23. The lowest BCUT2D eigenvalue weighted by atomic mass is 10.1. The number of rotatable bonds is 4. The van der Waals surface area contributed by atoms with Crippen LogP contribution in [0.3, 0.4) is 0 Å². The summed E-state index contributed by atoms with van der Waals surface area (Å²) in [5, 5.41) is 13.4. The number of aryl methyl sites for hydroxylation is 1. The number of halogens is 3. The van der Waals surface area contributed by atoms with Crippen molar-refractivity contribution in [3.05, 3.63) is 93.8 Å². The molecule has 2 heterocycles. The van der Waals surface area contributed by atoms with Crippen molar-refractivity contribution >= 4 is 22.9 Å². The second-order valence-corrected chi connectivity index (χ2v) is 7.12. The van der Waals surface area contributed by atoms with Gasteiger partial charge in [-0.1, -0.05) is 18.2 Å². The molecule has 1 N–H and O–H groups in total. The molecule has 0 atom stereocenters. The summed E-state index contributed by atoms with van der Waals surface area (Å²) in [6.45, 7) is 1.97. The van der Waals surface area contributed by atoms with E-state index in [0.29, 0.717) is 17.8 Å². The van der Waals surface area contributed by atoms with Gasteiger partial charge >= 0.3 is 6.18 Å². The smallest absolute Gasteiger partial charge is 0.322 e. The monoisotopic (exact) mass is 440 g/mol. The number of nitro benzene ring substituents is 1. The number of nitro groups is 1. The van der Waals surface area contributed by atoms with Crippen molar-refractivity contribution in [2.75, 3.05) is 5.32 Å². The van der Waals surface area contributed by atoms with Crippen LogP contribution in [0.4, 0.5) is 24.5 Å². The van der Waals surface area contributed by atoms with Gasteiger partial charge in [-0.05, 0) is 42.8 Å². The molecular weight excluding hydrogens is 425 g/mol. The van der Waals surface area contributed by atoms with Crippen molar-refractivity contribution in [2.45, 2.75) is 13.1 Å². The molecule has 162 valence electrons. The minimum Gasteiger partial charge on any atom is -0.322 e. The summed E-state index contributed by atoms with van der Waals surface area (Å²) < 4.78 is 41.3. The van der Waals surface area contributed by atoms with Crippen molar-refractivity contribution in [3.8, 4) is 11.3 Å². The summed E-state index contributed by atoms with van der Waals surface area (Å²) in [7, 11) is 0. The van der Waals surface area contributed by atoms with Gasteiger partial charge in [0.25, 0.3) is 11.6 Å². The number of benzene rings is 2. The number of fused-ring (bicyclic) bond motifs is 1. The van der Waals surface area contributed by atoms with Crippen LogP contribution in [-0.4, -0.2) is 20.2 Å². The maximum absolute atomic E-state index is 13.1. The maximum atomic E-state index is 13.1. The van der Waals surface area contributed by atoms with Crippen molar-refractivity contribution in [3.63, 3.8) is 0 Å². The number of carbonyl (C=O) groups excluding carboxylic acids is 1. The minimum atomic E-state index is -4.97. The van der Waals surface area contributed by atoms with Gasteiger partial charge in [-0.25, -0.2) is 4.98 Å². The molecule has 0 saturated carbocycles. The van der Waals surface area contributed by atoms with Crippen molar-refractivity contribution < 1.29 is 22.9 Å². The number of amides is 1. The van der Waals surface area contributed by atoms with Crippen LogP contribution in [0.15, 0.2) is 67.0 Å². The Bertz CT molecular complexity index is 1350. The molecular formula is C22H15F3N4O3. The first-order valence-electron chi connectivity index (χ1n) is 9.34. The van der Waals surface area contributed by atoms with Crippen molar-refractivity contribution in [1.82, 2.24) is 9.38 Å². The summed E-state index contributed by atoms with van der Waals surface area (Å²) >= 11 is 0. The van der Waals surface area contributed by atoms with E-state index in [4.69, 9.17) is 0 Å². The van der Waals surface area contributed by atoms with Gasteiger partial charge in [0.15, 0.2) is 0 Å². The molecule has 0 radical (unpaired) electrons. The minimum absolute atomic E-state index is 0.345. The number of carbonyl (C=O) groups is 1. The second kappa shape index (κ2) is 7.80. The number of aromatic nitrogens is 2. The van der Waals surface area contributed by atoms with E-state index in [2.05, 4.69) is 10.3 Å². The van der Waals surface area contributed by atoms with E-state index < -0.39 is 28.3 Å². The van der Waals surface area contributed by atoms with E-state index in [0.717, 1.165) is 28.5 Å². The number of anilines is 1. The van der Waals surface area contributed by atoms with Crippen molar-refractivity contribution in [1.29, 1.82) is 0 Å². The lowest BCUT2D eigenvalue weighted by molar-refractivity contribution is -0.388. The summed E-state index contributed by atoms with van der Waals surface area (Å²) in [5.41, 5.74) is 0.792. The number of hydrogen-bond acceptors (Lipinski definition) is 4. The fourth-order valence-electron chi connectivity index (χ4n) is 3.23. The van der Waals surface area contributed by atoms with Crippen LogP contribution in [0, 0.1) is 17.0 Å². The van der Waals surface area contributed by atoms with E-state index in [9.17, 15) is 28.1 Å². The Morgan fingerprint density at radius 2 is 1.78 bits per heavy atom. The Labute approximate surface area is 179 Å². The molecule has 7 nitrogen and oxygen atoms in total. The first-order chi connectivity index (χ1) is 15.1. The van der Waals surface area contributed by atoms with Crippen LogP contribution in [0.5, 0.6) is 0 Å². The molecule has 0 fully saturated rings. The molecule has 1 amide bonds. The normalized spacial score (nSPS) is 11.5. The predicted molar refractivity (Wildman–Crippen MR) is 111 cm³/mol. The molecule has 4 rings (SSSR count). The van der Waals surface area contributed by atoms with E-state index >= 15 is 0 Å². The second-order valence-electron chi connectivity index (χ2n) is 7.12. The van der Waals surface area contributed by atoms with Crippen LogP contribution < -0.4 is 5.32 Å². The lowest BCUT2D eigenvalue weighted by Gasteiger charge is -2.10. The Hall–Kier alpha value is -4.21.